The third-order valence-corrected chi connectivity index (χ3v) is 4.55. The molecule has 0 unspecified atom stereocenters. The van der Waals surface area contributed by atoms with Crippen LogP contribution in [0.5, 0.6) is 5.75 Å². The number of fused-ring (bicyclic) bond motifs is 1. The molecular formula is C15H10Br2ClNO2. The van der Waals surface area contributed by atoms with Gasteiger partial charge < -0.3 is 9.64 Å². The van der Waals surface area contributed by atoms with Gasteiger partial charge in [-0.3, -0.25) is 4.79 Å². The number of anilines is 1. The third kappa shape index (κ3) is 3.10. The number of halogens is 3. The fraction of sp³-hybridized carbons (Fsp3) is 0.133. The van der Waals surface area contributed by atoms with Crippen molar-refractivity contribution in [2.75, 3.05) is 11.5 Å². The summed E-state index contributed by atoms with van der Waals surface area (Å²) in [5, 5.41) is 0.625. The monoisotopic (exact) mass is 429 g/mol. The second kappa shape index (κ2) is 5.99. The Morgan fingerprint density at radius 3 is 2.62 bits per heavy atom. The van der Waals surface area contributed by atoms with Crippen molar-refractivity contribution in [3.63, 3.8) is 0 Å². The summed E-state index contributed by atoms with van der Waals surface area (Å²) in [6.45, 7) is 0.459. The Balaban J connectivity index is 1.98. The number of carbonyl (C=O) groups excluding carboxylic acids is 1. The van der Waals surface area contributed by atoms with Crippen molar-refractivity contribution < 1.29 is 9.53 Å². The molecule has 0 atom stereocenters. The minimum absolute atomic E-state index is 0.0444. The van der Waals surface area contributed by atoms with Gasteiger partial charge in [0.05, 0.1) is 12.2 Å². The summed E-state index contributed by atoms with van der Waals surface area (Å²) in [7, 11) is 0. The van der Waals surface area contributed by atoms with E-state index in [2.05, 4.69) is 31.9 Å². The number of amides is 1. The molecule has 0 saturated heterocycles. The summed E-state index contributed by atoms with van der Waals surface area (Å²) in [6.07, 6.45) is 0. The molecular weight excluding hydrogens is 421 g/mol. The lowest BCUT2D eigenvalue weighted by Crippen LogP contribution is -2.38. The van der Waals surface area contributed by atoms with Crippen LogP contribution in [0.4, 0.5) is 5.69 Å². The van der Waals surface area contributed by atoms with Gasteiger partial charge in [-0.1, -0.05) is 49.5 Å². The average molecular weight is 432 g/mol. The molecule has 1 heterocycles. The van der Waals surface area contributed by atoms with Gasteiger partial charge in [-0.05, 0) is 35.9 Å². The van der Waals surface area contributed by atoms with Gasteiger partial charge in [0, 0.05) is 14.0 Å². The molecule has 1 aliphatic heterocycles. The Kier molecular flexibility index (Phi) is 4.24. The SMILES string of the molecule is O=C1COc2ccc(Br)cc2N1Cc1ccc(Br)cc1Cl. The van der Waals surface area contributed by atoms with Crippen molar-refractivity contribution in [2.45, 2.75) is 6.54 Å². The van der Waals surface area contributed by atoms with Crippen LogP contribution in [0.1, 0.15) is 5.56 Å². The van der Waals surface area contributed by atoms with Crippen molar-refractivity contribution in [2.24, 2.45) is 0 Å². The van der Waals surface area contributed by atoms with Gasteiger partial charge in [0.2, 0.25) is 0 Å². The van der Waals surface area contributed by atoms with E-state index in [0.29, 0.717) is 17.3 Å². The van der Waals surface area contributed by atoms with Crippen LogP contribution in [0, 0.1) is 0 Å². The van der Waals surface area contributed by atoms with Gasteiger partial charge in [-0.25, -0.2) is 0 Å². The minimum Gasteiger partial charge on any atom is -0.482 e. The summed E-state index contributed by atoms with van der Waals surface area (Å²) in [5.41, 5.74) is 1.64. The molecule has 0 N–H and O–H groups in total. The van der Waals surface area contributed by atoms with Crippen LogP contribution in [0.3, 0.4) is 0 Å². The van der Waals surface area contributed by atoms with E-state index in [4.69, 9.17) is 16.3 Å². The maximum absolute atomic E-state index is 12.2. The number of ether oxygens (including phenoxy) is 1. The lowest BCUT2D eigenvalue weighted by atomic mass is 10.1. The van der Waals surface area contributed by atoms with E-state index in [1.807, 2.05) is 36.4 Å². The molecule has 3 rings (SSSR count). The summed E-state index contributed by atoms with van der Waals surface area (Å²) >= 11 is 13.0. The highest BCUT2D eigenvalue weighted by molar-refractivity contribution is 9.10. The number of benzene rings is 2. The van der Waals surface area contributed by atoms with Crippen molar-refractivity contribution in [1.82, 2.24) is 0 Å². The van der Waals surface area contributed by atoms with E-state index in [0.717, 1.165) is 20.2 Å². The molecule has 0 aromatic heterocycles. The van der Waals surface area contributed by atoms with Crippen LogP contribution in [0.25, 0.3) is 0 Å². The van der Waals surface area contributed by atoms with E-state index in [1.165, 1.54) is 0 Å². The number of hydrogen-bond donors (Lipinski definition) is 0. The standard InChI is InChI=1S/C15H10Br2ClNO2/c16-10-2-1-9(12(18)5-10)7-19-13-6-11(17)3-4-14(13)21-8-15(19)20/h1-6H,7-8H2. The van der Waals surface area contributed by atoms with Crippen LogP contribution in [0.2, 0.25) is 5.02 Å². The van der Waals surface area contributed by atoms with Gasteiger partial charge in [0.1, 0.15) is 5.75 Å². The zero-order valence-corrected chi connectivity index (χ0v) is 14.7. The molecule has 0 aliphatic carbocycles. The normalized spacial score (nSPS) is 13.9. The van der Waals surface area contributed by atoms with Crippen LogP contribution in [-0.4, -0.2) is 12.5 Å². The van der Waals surface area contributed by atoms with Crippen molar-refractivity contribution in [1.29, 1.82) is 0 Å². The molecule has 0 bridgehead atoms. The molecule has 1 aliphatic rings. The van der Waals surface area contributed by atoms with E-state index < -0.39 is 0 Å². The smallest absolute Gasteiger partial charge is 0.265 e. The van der Waals surface area contributed by atoms with Gasteiger partial charge in [-0.2, -0.15) is 0 Å². The molecule has 108 valence electrons. The first kappa shape index (κ1) is 14.9. The lowest BCUT2D eigenvalue weighted by Gasteiger charge is -2.29. The van der Waals surface area contributed by atoms with Gasteiger partial charge in [0.25, 0.3) is 5.91 Å². The van der Waals surface area contributed by atoms with Gasteiger partial charge >= 0.3 is 0 Å². The molecule has 0 fully saturated rings. The first-order valence-electron chi connectivity index (χ1n) is 6.21. The molecule has 6 heteroatoms. The Hall–Kier alpha value is -1.04. The van der Waals surface area contributed by atoms with Crippen LogP contribution >= 0.6 is 43.5 Å². The fourth-order valence-electron chi connectivity index (χ4n) is 2.17. The highest BCUT2D eigenvalue weighted by Crippen LogP contribution is 2.36. The number of hydrogen-bond acceptors (Lipinski definition) is 2. The Labute approximate surface area is 144 Å². The Morgan fingerprint density at radius 1 is 1.14 bits per heavy atom. The van der Waals surface area contributed by atoms with Crippen LogP contribution in [-0.2, 0) is 11.3 Å². The summed E-state index contributed by atoms with van der Waals surface area (Å²) in [4.78, 5) is 13.9. The zero-order chi connectivity index (χ0) is 15.0. The van der Waals surface area contributed by atoms with Gasteiger partial charge in [-0.15, -0.1) is 0 Å². The molecule has 1 amide bonds. The molecule has 3 nitrogen and oxygen atoms in total. The molecule has 2 aromatic rings. The van der Waals surface area contributed by atoms with Crippen molar-refractivity contribution in [3.8, 4) is 5.75 Å². The van der Waals surface area contributed by atoms with E-state index in [9.17, 15) is 4.79 Å². The Morgan fingerprint density at radius 2 is 1.86 bits per heavy atom. The number of rotatable bonds is 2. The quantitative estimate of drug-likeness (QED) is 0.684. The number of nitrogens with zero attached hydrogens (tertiary/aromatic N) is 1. The zero-order valence-electron chi connectivity index (χ0n) is 10.8. The largest absolute Gasteiger partial charge is 0.482 e. The molecule has 0 spiro atoms. The maximum atomic E-state index is 12.2. The fourth-order valence-corrected chi connectivity index (χ4v) is 3.25. The first-order chi connectivity index (χ1) is 10.0. The Bertz CT molecular complexity index is 721. The highest BCUT2D eigenvalue weighted by atomic mass is 79.9. The predicted molar refractivity (Wildman–Crippen MR) is 90.0 cm³/mol. The lowest BCUT2D eigenvalue weighted by molar-refractivity contribution is -0.121. The second-order valence-electron chi connectivity index (χ2n) is 4.62. The van der Waals surface area contributed by atoms with E-state index in [1.54, 1.807) is 4.90 Å². The predicted octanol–water partition coefficient (Wildman–Crippen LogP) is 4.79. The van der Waals surface area contributed by atoms with Crippen molar-refractivity contribution >= 4 is 55.1 Å². The van der Waals surface area contributed by atoms with Crippen molar-refractivity contribution in [3.05, 3.63) is 55.9 Å². The van der Waals surface area contributed by atoms with E-state index in [-0.39, 0.29) is 12.5 Å². The average Bonchev–Trinajstić information content (AvgIpc) is 2.44. The van der Waals surface area contributed by atoms with Gasteiger partial charge in [0.15, 0.2) is 6.61 Å². The molecule has 0 radical (unpaired) electrons. The minimum atomic E-state index is -0.0837. The molecule has 0 saturated carbocycles. The summed E-state index contributed by atoms with van der Waals surface area (Å²) < 4.78 is 7.26. The molecule has 2 aromatic carbocycles. The number of carbonyl (C=O) groups is 1. The second-order valence-corrected chi connectivity index (χ2v) is 6.85. The maximum Gasteiger partial charge on any atom is 0.265 e. The van der Waals surface area contributed by atoms with Crippen LogP contribution < -0.4 is 9.64 Å². The third-order valence-electron chi connectivity index (χ3n) is 3.21. The first-order valence-corrected chi connectivity index (χ1v) is 8.17. The van der Waals surface area contributed by atoms with E-state index >= 15 is 0 Å². The summed E-state index contributed by atoms with van der Waals surface area (Å²) in [5.74, 6) is 0.616. The highest BCUT2D eigenvalue weighted by Gasteiger charge is 2.26. The topological polar surface area (TPSA) is 29.5 Å². The summed E-state index contributed by atoms with van der Waals surface area (Å²) in [6, 6.07) is 11.3. The van der Waals surface area contributed by atoms with Crippen LogP contribution in [0.15, 0.2) is 45.3 Å². The molecule has 21 heavy (non-hydrogen) atoms.